The Morgan fingerprint density at radius 3 is 2.44 bits per heavy atom. The van der Waals surface area contributed by atoms with Crippen LogP contribution >= 0.6 is 11.6 Å². The molecule has 2 amide bonds. The molecular formula is C17H20ClF3N2O2. The van der Waals surface area contributed by atoms with Crippen molar-refractivity contribution in [3.63, 3.8) is 0 Å². The van der Waals surface area contributed by atoms with E-state index < -0.39 is 12.1 Å². The van der Waals surface area contributed by atoms with Crippen LogP contribution in [-0.4, -0.2) is 42.5 Å². The standard InChI is InChI=1S/C17H20ClF3N2O2/c18-14-4-2-1-3-13(14)5-6-15(24)22-11-12-7-9-23(10-8-12)16(25)17(19,20)21/h1-4,12H,5-11H2,(H,22,24). The van der Waals surface area contributed by atoms with Crippen LogP contribution < -0.4 is 5.32 Å². The molecular weight excluding hydrogens is 357 g/mol. The van der Waals surface area contributed by atoms with Crippen LogP contribution in [0.15, 0.2) is 24.3 Å². The van der Waals surface area contributed by atoms with Gasteiger partial charge in [0, 0.05) is 31.1 Å². The monoisotopic (exact) mass is 376 g/mol. The Morgan fingerprint density at radius 1 is 1.20 bits per heavy atom. The van der Waals surface area contributed by atoms with E-state index in [1.165, 1.54) is 0 Å². The van der Waals surface area contributed by atoms with Gasteiger partial charge < -0.3 is 10.2 Å². The van der Waals surface area contributed by atoms with Crippen molar-refractivity contribution in [1.82, 2.24) is 10.2 Å². The van der Waals surface area contributed by atoms with Gasteiger partial charge in [0.05, 0.1) is 0 Å². The number of hydrogen-bond donors (Lipinski definition) is 1. The predicted molar refractivity (Wildman–Crippen MR) is 88.1 cm³/mol. The van der Waals surface area contributed by atoms with Crippen molar-refractivity contribution < 1.29 is 22.8 Å². The molecule has 1 heterocycles. The number of halogens is 4. The second kappa shape index (κ2) is 8.56. The highest BCUT2D eigenvalue weighted by atomic mass is 35.5. The lowest BCUT2D eigenvalue weighted by molar-refractivity contribution is -0.186. The first-order valence-corrected chi connectivity index (χ1v) is 8.51. The average molecular weight is 377 g/mol. The summed E-state index contributed by atoms with van der Waals surface area (Å²) in [5, 5.41) is 3.43. The Balaban J connectivity index is 1.68. The lowest BCUT2D eigenvalue weighted by Gasteiger charge is -2.32. The number of carbonyl (C=O) groups is 2. The molecule has 8 heteroatoms. The van der Waals surface area contributed by atoms with Crippen LogP contribution in [0.2, 0.25) is 5.02 Å². The molecule has 0 atom stereocenters. The fourth-order valence-electron chi connectivity index (χ4n) is 2.82. The highest BCUT2D eigenvalue weighted by Crippen LogP contribution is 2.23. The van der Waals surface area contributed by atoms with Gasteiger partial charge in [-0.3, -0.25) is 9.59 Å². The molecule has 2 rings (SSSR count). The second-order valence-electron chi connectivity index (χ2n) is 6.13. The maximum absolute atomic E-state index is 12.4. The van der Waals surface area contributed by atoms with Gasteiger partial charge >= 0.3 is 12.1 Å². The number of piperidine rings is 1. The summed E-state index contributed by atoms with van der Waals surface area (Å²) in [4.78, 5) is 23.9. The largest absolute Gasteiger partial charge is 0.471 e. The zero-order chi connectivity index (χ0) is 18.4. The number of hydrogen-bond acceptors (Lipinski definition) is 2. The molecule has 0 spiro atoms. The molecule has 1 saturated heterocycles. The Labute approximate surface area is 149 Å². The number of nitrogens with one attached hydrogen (secondary N) is 1. The molecule has 1 aromatic rings. The van der Waals surface area contributed by atoms with E-state index in [-0.39, 0.29) is 24.9 Å². The third-order valence-corrected chi connectivity index (χ3v) is 4.68. The number of aryl methyl sites for hydroxylation is 1. The van der Waals surface area contributed by atoms with Crippen LogP contribution in [0.5, 0.6) is 0 Å². The summed E-state index contributed by atoms with van der Waals surface area (Å²) < 4.78 is 37.1. The summed E-state index contributed by atoms with van der Waals surface area (Å²) in [6, 6.07) is 7.31. The van der Waals surface area contributed by atoms with Gasteiger partial charge in [-0.2, -0.15) is 13.2 Å². The van der Waals surface area contributed by atoms with Gasteiger partial charge in [-0.05, 0) is 36.8 Å². The van der Waals surface area contributed by atoms with Crippen molar-refractivity contribution >= 4 is 23.4 Å². The number of carbonyl (C=O) groups excluding carboxylic acids is 2. The van der Waals surface area contributed by atoms with E-state index in [1.807, 2.05) is 18.2 Å². The molecule has 1 aromatic carbocycles. The average Bonchev–Trinajstić information content (AvgIpc) is 2.58. The molecule has 0 radical (unpaired) electrons. The summed E-state index contributed by atoms with van der Waals surface area (Å²) in [6.07, 6.45) is -3.09. The number of benzene rings is 1. The maximum atomic E-state index is 12.4. The van der Waals surface area contributed by atoms with Gasteiger partial charge in [0.25, 0.3) is 0 Å². The van der Waals surface area contributed by atoms with Gasteiger partial charge in [0.15, 0.2) is 0 Å². The predicted octanol–water partition coefficient (Wildman–Crippen LogP) is 3.19. The Kier molecular flexibility index (Phi) is 6.70. The van der Waals surface area contributed by atoms with E-state index in [0.717, 1.165) is 10.5 Å². The third kappa shape index (κ3) is 5.92. The molecule has 0 aromatic heterocycles. The van der Waals surface area contributed by atoms with E-state index in [9.17, 15) is 22.8 Å². The summed E-state index contributed by atoms with van der Waals surface area (Å²) in [6.45, 7) is 0.548. The van der Waals surface area contributed by atoms with Crippen molar-refractivity contribution in [2.75, 3.05) is 19.6 Å². The number of alkyl halides is 3. The number of rotatable bonds is 5. The zero-order valence-electron chi connectivity index (χ0n) is 13.6. The van der Waals surface area contributed by atoms with E-state index in [2.05, 4.69) is 5.32 Å². The highest BCUT2D eigenvalue weighted by Gasteiger charge is 2.43. The van der Waals surface area contributed by atoms with Crippen LogP contribution in [-0.2, 0) is 16.0 Å². The van der Waals surface area contributed by atoms with Gasteiger partial charge in [-0.15, -0.1) is 0 Å². The lowest BCUT2D eigenvalue weighted by atomic mass is 9.96. The summed E-state index contributed by atoms with van der Waals surface area (Å²) in [7, 11) is 0. The molecule has 0 bridgehead atoms. The van der Waals surface area contributed by atoms with E-state index in [1.54, 1.807) is 6.07 Å². The van der Waals surface area contributed by atoms with Gasteiger partial charge in [-0.25, -0.2) is 0 Å². The van der Waals surface area contributed by atoms with E-state index >= 15 is 0 Å². The van der Waals surface area contributed by atoms with Crippen LogP contribution in [0.25, 0.3) is 0 Å². The first-order valence-electron chi connectivity index (χ1n) is 8.13. The quantitative estimate of drug-likeness (QED) is 0.858. The molecule has 4 nitrogen and oxygen atoms in total. The van der Waals surface area contributed by atoms with Crippen LogP contribution in [0.4, 0.5) is 13.2 Å². The minimum atomic E-state index is -4.82. The lowest BCUT2D eigenvalue weighted by Crippen LogP contribution is -2.46. The molecule has 0 aliphatic carbocycles. The molecule has 1 aliphatic rings. The first kappa shape index (κ1) is 19.6. The summed E-state index contributed by atoms with van der Waals surface area (Å²) in [5.41, 5.74) is 0.901. The van der Waals surface area contributed by atoms with Gasteiger partial charge in [-0.1, -0.05) is 29.8 Å². The summed E-state index contributed by atoms with van der Waals surface area (Å²) in [5.74, 6) is -1.81. The van der Waals surface area contributed by atoms with Crippen molar-refractivity contribution in [3.05, 3.63) is 34.9 Å². The fourth-order valence-corrected chi connectivity index (χ4v) is 3.05. The van der Waals surface area contributed by atoms with Gasteiger partial charge in [0.1, 0.15) is 0 Å². The van der Waals surface area contributed by atoms with Gasteiger partial charge in [0.2, 0.25) is 5.91 Å². The molecule has 1 N–H and O–H groups in total. The van der Waals surface area contributed by atoms with Crippen molar-refractivity contribution in [3.8, 4) is 0 Å². The maximum Gasteiger partial charge on any atom is 0.471 e. The van der Waals surface area contributed by atoms with E-state index in [0.29, 0.717) is 37.3 Å². The smallest absolute Gasteiger partial charge is 0.356 e. The summed E-state index contributed by atoms with van der Waals surface area (Å²) >= 11 is 6.03. The minimum absolute atomic E-state index is 0.0680. The Morgan fingerprint density at radius 2 is 1.84 bits per heavy atom. The van der Waals surface area contributed by atoms with Crippen molar-refractivity contribution in [2.24, 2.45) is 5.92 Å². The van der Waals surface area contributed by atoms with E-state index in [4.69, 9.17) is 11.6 Å². The molecule has 1 aliphatic heterocycles. The number of amides is 2. The van der Waals surface area contributed by atoms with Crippen LogP contribution in [0, 0.1) is 5.92 Å². The Bertz CT molecular complexity index is 614. The normalized spacial score (nSPS) is 15.9. The van der Waals surface area contributed by atoms with Crippen molar-refractivity contribution in [1.29, 1.82) is 0 Å². The Hall–Kier alpha value is -1.76. The van der Waals surface area contributed by atoms with Crippen LogP contribution in [0.3, 0.4) is 0 Å². The zero-order valence-corrected chi connectivity index (χ0v) is 14.4. The molecule has 138 valence electrons. The molecule has 0 unspecified atom stereocenters. The topological polar surface area (TPSA) is 49.4 Å². The van der Waals surface area contributed by atoms with Crippen LogP contribution in [0.1, 0.15) is 24.8 Å². The fraction of sp³-hybridized carbons (Fsp3) is 0.529. The molecule has 1 fully saturated rings. The molecule has 25 heavy (non-hydrogen) atoms. The number of nitrogens with zero attached hydrogens (tertiary/aromatic N) is 1. The second-order valence-corrected chi connectivity index (χ2v) is 6.54. The number of likely N-dealkylation sites (tertiary alicyclic amines) is 1. The third-order valence-electron chi connectivity index (χ3n) is 4.31. The highest BCUT2D eigenvalue weighted by molar-refractivity contribution is 6.31. The van der Waals surface area contributed by atoms with Crippen molar-refractivity contribution in [2.45, 2.75) is 31.9 Å². The SMILES string of the molecule is O=C(CCc1ccccc1Cl)NCC1CCN(C(=O)C(F)(F)F)CC1. The molecule has 0 saturated carbocycles. The minimum Gasteiger partial charge on any atom is -0.356 e. The first-order chi connectivity index (χ1) is 11.8.